The maximum Gasteiger partial charge on any atom is 0.259 e. The summed E-state index contributed by atoms with van der Waals surface area (Å²) in [6, 6.07) is 22.0. The number of ether oxygens (including phenoxy) is 1. The molecule has 2 heterocycles. The number of para-hydroxylation sites is 1. The van der Waals surface area contributed by atoms with Crippen LogP contribution in [-0.2, 0) is 0 Å². The molecule has 0 bridgehead atoms. The number of carbonyl (C=O) groups excluding carboxylic acids is 1. The van der Waals surface area contributed by atoms with Gasteiger partial charge >= 0.3 is 0 Å². The molecular formula is C26H18N8O2. The number of benzene rings is 3. The summed E-state index contributed by atoms with van der Waals surface area (Å²) in [4.78, 5) is 21.6. The average Bonchev–Trinajstić information content (AvgIpc) is 3.35. The Balaban J connectivity index is 1.64. The lowest BCUT2D eigenvalue weighted by molar-refractivity contribution is 0.102. The maximum atomic E-state index is 13.2. The maximum absolute atomic E-state index is 13.2. The van der Waals surface area contributed by atoms with Crippen molar-refractivity contribution >= 4 is 33.9 Å². The smallest absolute Gasteiger partial charge is 0.259 e. The highest BCUT2D eigenvalue weighted by atomic mass is 16.5. The summed E-state index contributed by atoms with van der Waals surface area (Å²) in [6.45, 7) is 0. The number of fused-ring (bicyclic) bond motifs is 1. The second-order valence-corrected chi connectivity index (χ2v) is 7.50. The third-order valence-electron chi connectivity index (χ3n) is 5.31. The minimum absolute atomic E-state index is 0.147. The van der Waals surface area contributed by atoms with Crippen molar-refractivity contribution in [1.82, 2.24) is 19.7 Å². The number of nitrogens with one attached hydrogen (secondary N) is 1. The zero-order valence-corrected chi connectivity index (χ0v) is 19.0. The number of aromatic nitrogens is 4. The quantitative estimate of drug-likeness (QED) is 0.330. The van der Waals surface area contributed by atoms with Gasteiger partial charge in [-0.05, 0) is 29.7 Å². The number of hydrogen-bond acceptors (Lipinski definition) is 8. The van der Waals surface area contributed by atoms with E-state index in [4.69, 9.17) is 4.74 Å². The van der Waals surface area contributed by atoms with Crippen LogP contribution in [0.3, 0.4) is 0 Å². The lowest BCUT2D eigenvalue weighted by Crippen LogP contribution is -2.13. The van der Waals surface area contributed by atoms with E-state index in [1.54, 1.807) is 36.7 Å². The van der Waals surface area contributed by atoms with Crippen LogP contribution in [-0.4, -0.2) is 32.8 Å². The van der Waals surface area contributed by atoms with Crippen LogP contribution in [0.5, 0.6) is 5.75 Å². The Morgan fingerprint density at radius 3 is 2.53 bits per heavy atom. The number of nitrogens with zero attached hydrogens (tertiary/aromatic N) is 7. The SMILES string of the molecule is COc1c(C(=O)Nc2ccccc2)cc2ccccc2c1N=Nc1c(C#N)cnn1-c1ncccn1. The van der Waals surface area contributed by atoms with Gasteiger partial charge in [-0.25, -0.2) is 9.97 Å². The van der Waals surface area contributed by atoms with Crippen LogP contribution in [0.15, 0.2) is 95.5 Å². The van der Waals surface area contributed by atoms with E-state index in [0.29, 0.717) is 11.4 Å². The van der Waals surface area contributed by atoms with Crippen LogP contribution in [0.2, 0.25) is 0 Å². The van der Waals surface area contributed by atoms with Crippen LogP contribution in [0.25, 0.3) is 16.7 Å². The molecule has 0 unspecified atom stereocenters. The van der Waals surface area contributed by atoms with Crippen LogP contribution in [0, 0.1) is 11.3 Å². The predicted octanol–water partition coefficient (Wildman–Crippen LogP) is 5.36. The van der Waals surface area contributed by atoms with Gasteiger partial charge in [-0.15, -0.1) is 10.2 Å². The molecule has 36 heavy (non-hydrogen) atoms. The molecular weight excluding hydrogens is 456 g/mol. The second kappa shape index (κ2) is 9.82. The monoisotopic (exact) mass is 474 g/mol. The predicted molar refractivity (Wildman–Crippen MR) is 133 cm³/mol. The summed E-state index contributed by atoms with van der Waals surface area (Å²) in [7, 11) is 1.46. The fourth-order valence-corrected chi connectivity index (χ4v) is 3.67. The molecule has 0 saturated carbocycles. The first-order valence-electron chi connectivity index (χ1n) is 10.8. The number of methoxy groups -OCH3 is 1. The van der Waals surface area contributed by atoms with E-state index in [-0.39, 0.29) is 34.5 Å². The Kier molecular flexibility index (Phi) is 6.10. The van der Waals surface area contributed by atoms with Gasteiger partial charge in [-0.3, -0.25) is 4.79 Å². The molecule has 0 spiro atoms. The van der Waals surface area contributed by atoms with Gasteiger partial charge in [0, 0.05) is 23.5 Å². The zero-order valence-electron chi connectivity index (χ0n) is 19.0. The Bertz CT molecular complexity index is 1620. The summed E-state index contributed by atoms with van der Waals surface area (Å²) >= 11 is 0. The highest BCUT2D eigenvalue weighted by molar-refractivity contribution is 6.11. The molecule has 10 heteroatoms. The fraction of sp³-hybridized carbons (Fsp3) is 0.0385. The van der Waals surface area contributed by atoms with Gasteiger partial charge in [-0.1, -0.05) is 42.5 Å². The highest BCUT2D eigenvalue weighted by Gasteiger charge is 2.21. The Morgan fingerprint density at radius 1 is 1.03 bits per heavy atom. The standard InChI is InChI=1S/C26H18N8O2/c1-36-23-21(25(35)31-19-9-3-2-4-10-19)14-17-8-5-6-11-20(17)22(23)32-33-24-18(15-27)16-30-34(24)26-28-12-7-13-29-26/h2-14,16H,1H3,(H,31,35). The van der Waals surface area contributed by atoms with Crippen LogP contribution in [0.1, 0.15) is 15.9 Å². The minimum atomic E-state index is -0.360. The van der Waals surface area contributed by atoms with Crippen molar-refractivity contribution in [3.8, 4) is 17.8 Å². The van der Waals surface area contributed by atoms with Gasteiger partial charge in [0.25, 0.3) is 11.9 Å². The molecule has 3 aromatic carbocycles. The summed E-state index contributed by atoms with van der Waals surface area (Å²) in [6.07, 6.45) is 4.48. The Labute approximate surface area is 205 Å². The van der Waals surface area contributed by atoms with E-state index in [2.05, 4.69) is 36.7 Å². The molecule has 5 rings (SSSR count). The lowest BCUT2D eigenvalue weighted by atomic mass is 10.0. The van der Waals surface area contributed by atoms with Gasteiger partial charge in [0.05, 0.1) is 18.9 Å². The molecule has 1 amide bonds. The van der Waals surface area contributed by atoms with Crippen molar-refractivity contribution in [1.29, 1.82) is 5.26 Å². The van der Waals surface area contributed by atoms with Crippen molar-refractivity contribution in [2.45, 2.75) is 0 Å². The molecule has 0 aliphatic rings. The molecule has 174 valence electrons. The number of azo groups is 1. The summed E-state index contributed by atoms with van der Waals surface area (Å²) in [5, 5.41) is 26.9. The second-order valence-electron chi connectivity index (χ2n) is 7.50. The van der Waals surface area contributed by atoms with Gasteiger partial charge in [0.2, 0.25) is 0 Å². The lowest BCUT2D eigenvalue weighted by Gasteiger charge is -2.14. The molecule has 0 aliphatic carbocycles. The fourth-order valence-electron chi connectivity index (χ4n) is 3.67. The molecule has 5 aromatic rings. The van der Waals surface area contributed by atoms with E-state index in [0.717, 1.165) is 10.8 Å². The molecule has 0 fully saturated rings. The zero-order chi connectivity index (χ0) is 24.9. The van der Waals surface area contributed by atoms with Crippen LogP contribution < -0.4 is 10.1 Å². The van der Waals surface area contributed by atoms with Crippen molar-refractivity contribution in [2.24, 2.45) is 10.2 Å². The molecule has 1 N–H and O–H groups in total. The molecule has 2 aromatic heterocycles. The third-order valence-corrected chi connectivity index (χ3v) is 5.31. The first-order valence-corrected chi connectivity index (χ1v) is 10.8. The van der Waals surface area contributed by atoms with Gasteiger partial charge in [0.1, 0.15) is 17.3 Å². The number of anilines is 1. The number of amides is 1. The van der Waals surface area contributed by atoms with Crippen molar-refractivity contribution < 1.29 is 9.53 Å². The normalized spacial score (nSPS) is 10.9. The van der Waals surface area contributed by atoms with E-state index in [9.17, 15) is 10.1 Å². The highest BCUT2D eigenvalue weighted by Crippen LogP contribution is 2.40. The molecule has 0 saturated heterocycles. The van der Waals surface area contributed by atoms with Crippen LogP contribution in [0.4, 0.5) is 17.2 Å². The van der Waals surface area contributed by atoms with Crippen LogP contribution >= 0.6 is 0 Å². The van der Waals surface area contributed by atoms with E-state index in [1.807, 2.05) is 42.5 Å². The van der Waals surface area contributed by atoms with Gasteiger partial charge in [-0.2, -0.15) is 15.0 Å². The molecule has 0 atom stereocenters. The summed E-state index contributed by atoms with van der Waals surface area (Å²) in [5.41, 5.74) is 1.45. The topological polar surface area (TPSA) is 130 Å². The summed E-state index contributed by atoms with van der Waals surface area (Å²) in [5.74, 6) is 0.266. The average molecular weight is 474 g/mol. The summed E-state index contributed by atoms with van der Waals surface area (Å²) < 4.78 is 6.98. The van der Waals surface area contributed by atoms with E-state index < -0.39 is 0 Å². The number of rotatable bonds is 6. The molecule has 0 aliphatic heterocycles. The van der Waals surface area contributed by atoms with Crippen molar-refractivity contribution in [3.63, 3.8) is 0 Å². The van der Waals surface area contributed by atoms with Gasteiger partial charge < -0.3 is 10.1 Å². The van der Waals surface area contributed by atoms with Crippen molar-refractivity contribution in [3.05, 3.63) is 96.4 Å². The minimum Gasteiger partial charge on any atom is -0.494 e. The van der Waals surface area contributed by atoms with Crippen molar-refractivity contribution in [2.75, 3.05) is 12.4 Å². The van der Waals surface area contributed by atoms with E-state index >= 15 is 0 Å². The third kappa shape index (κ3) is 4.24. The number of carbonyl (C=O) groups is 1. The van der Waals surface area contributed by atoms with Gasteiger partial charge in [0.15, 0.2) is 11.6 Å². The first-order chi connectivity index (χ1) is 17.7. The Hall–Kier alpha value is -5.43. The number of hydrogen-bond donors (Lipinski definition) is 1. The number of nitriles is 1. The Morgan fingerprint density at radius 2 is 1.78 bits per heavy atom. The largest absolute Gasteiger partial charge is 0.494 e. The molecule has 10 nitrogen and oxygen atoms in total. The molecule has 0 radical (unpaired) electrons. The van der Waals surface area contributed by atoms with E-state index in [1.165, 1.54) is 18.0 Å². The first kappa shape index (κ1) is 22.4.